The summed E-state index contributed by atoms with van der Waals surface area (Å²) in [6.07, 6.45) is -0.400. The molecule has 2 aromatic heterocycles. The van der Waals surface area contributed by atoms with Crippen LogP contribution in [0.1, 0.15) is 12.1 Å². The Balaban J connectivity index is 1.74. The number of halogens is 1. The molecule has 2 heterocycles. The third-order valence-corrected chi connectivity index (χ3v) is 4.75. The zero-order valence-corrected chi connectivity index (χ0v) is 16.3. The molecule has 0 bridgehead atoms. The van der Waals surface area contributed by atoms with Crippen LogP contribution in [0.2, 0.25) is 5.02 Å². The van der Waals surface area contributed by atoms with E-state index in [1.807, 2.05) is 0 Å². The topological polar surface area (TPSA) is 158 Å². The van der Waals surface area contributed by atoms with Gasteiger partial charge in [-0.25, -0.2) is 9.97 Å². The molecule has 1 amide bonds. The molecule has 0 saturated heterocycles. The SMILES string of the molecule is O=C(O)CCc1nc2c(=O)[nH]c(SCC(=O)Nc3cccc(Cl)c3)nc2[nH]c1=O. The maximum atomic E-state index is 12.2. The summed E-state index contributed by atoms with van der Waals surface area (Å²) in [5.74, 6) is -1.47. The zero-order chi connectivity index (χ0) is 21.0. The number of aromatic amines is 2. The number of aryl methyl sites for hydroxylation is 1. The second kappa shape index (κ2) is 8.88. The number of nitrogens with one attached hydrogen (secondary N) is 3. The van der Waals surface area contributed by atoms with E-state index in [4.69, 9.17) is 16.7 Å². The summed E-state index contributed by atoms with van der Waals surface area (Å²) in [5, 5.41) is 12.0. The Bertz CT molecular complexity index is 1210. The van der Waals surface area contributed by atoms with Crippen LogP contribution in [0.15, 0.2) is 39.0 Å². The van der Waals surface area contributed by atoms with Gasteiger partial charge in [0.05, 0.1) is 12.2 Å². The Hall–Kier alpha value is -3.18. The summed E-state index contributed by atoms with van der Waals surface area (Å²) in [7, 11) is 0. The van der Waals surface area contributed by atoms with Gasteiger partial charge in [0.25, 0.3) is 11.1 Å². The number of amides is 1. The highest BCUT2D eigenvalue weighted by Crippen LogP contribution is 2.17. The zero-order valence-electron chi connectivity index (χ0n) is 14.7. The lowest BCUT2D eigenvalue weighted by Gasteiger charge is -2.06. The number of carboxylic acid groups (broad SMARTS) is 1. The Labute approximate surface area is 171 Å². The first-order valence-corrected chi connectivity index (χ1v) is 9.61. The summed E-state index contributed by atoms with van der Waals surface area (Å²) in [4.78, 5) is 59.9. The van der Waals surface area contributed by atoms with Crippen LogP contribution < -0.4 is 16.4 Å². The average Bonchev–Trinajstić information content (AvgIpc) is 2.65. The van der Waals surface area contributed by atoms with Crippen LogP contribution in [-0.2, 0) is 16.0 Å². The smallest absolute Gasteiger partial charge is 0.303 e. The summed E-state index contributed by atoms with van der Waals surface area (Å²) in [6.45, 7) is 0. The molecule has 0 aliphatic carbocycles. The van der Waals surface area contributed by atoms with Gasteiger partial charge < -0.3 is 15.4 Å². The van der Waals surface area contributed by atoms with E-state index in [1.54, 1.807) is 24.3 Å². The van der Waals surface area contributed by atoms with E-state index in [2.05, 4.69) is 25.3 Å². The molecule has 29 heavy (non-hydrogen) atoms. The number of carbonyl (C=O) groups is 2. The summed E-state index contributed by atoms with van der Waals surface area (Å²) < 4.78 is 0. The lowest BCUT2D eigenvalue weighted by atomic mass is 10.2. The van der Waals surface area contributed by atoms with Crippen molar-refractivity contribution in [2.75, 3.05) is 11.1 Å². The first-order valence-electron chi connectivity index (χ1n) is 8.25. The molecule has 0 saturated carbocycles. The first-order chi connectivity index (χ1) is 13.8. The Morgan fingerprint density at radius 1 is 1.17 bits per heavy atom. The molecule has 0 fully saturated rings. The Kier molecular flexibility index (Phi) is 6.29. The van der Waals surface area contributed by atoms with Crippen molar-refractivity contribution >= 4 is 52.1 Å². The van der Waals surface area contributed by atoms with Crippen LogP contribution >= 0.6 is 23.4 Å². The van der Waals surface area contributed by atoms with Crippen LogP contribution in [0.4, 0.5) is 5.69 Å². The Morgan fingerprint density at radius 2 is 1.97 bits per heavy atom. The van der Waals surface area contributed by atoms with Gasteiger partial charge >= 0.3 is 5.97 Å². The molecule has 0 aliphatic rings. The average molecular weight is 436 g/mol. The van der Waals surface area contributed by atoms with Crippen LogP contribution in [-0.4, -0.2) is 42.7 Å². The van der Waals surface area contributed by atoms with Gasteiger partial charge in [-0.1, -0.05) is 29.4 Å². The fourth-order valence-corrected chi connectivity index (χ4v) is 3.21. The van der Waals surface area contributed by atoms with Crippen molar-refractivity contribution < 1.29 is 14.7 Å². The number of anilines is 1. The van der Waals surface area contributed by atoms with Crippen molar-refractivity contribution in [3.8, 4) is 0 Å². The largest absolute Gasteiger partial charge is 0.481 e. The van der Waals surface area contributed by atoms with Crippen molar-refractivity contribution in [1.29, 1.82) is 0 Å². The van der Waals surface area contributed by atoms with E-state index < -0.39 is 17.1 Å². The molecular weight excluding hydrogens is 422 g/mol. The quantitative estimate of drug-likeness (QED) is 0.320. The molecule has 0 radical (unpaired) electrons. The van der Waals surface area contributed by atoms with E-state index in [1.165, 1.54) is 0 Å². The molecule has 0 spiro atoms. The van der Waals surface area contributed by atoms with Gasteiger partial charge in [0.1, 0.15) is 5.69 Å². The highest BCUT2D eigenvalue weighted by Gasteiger charge is 2.13. The minimum atomic E-state index is -1.08. The van der Waals surface area contributed by atoms with Crippen LogP contribution in [0.3, 0.4) is 0 Å². The Morgan fingerprint density at radius 3 is 2.69 bits per heavy atom. The summed E-state index contributed by atoms with van der Waals surface area (Å²) in [5.41, 5.74) is -0.917. The van der Waals surface area contributed by atoms with E-state index in [0.717, 1.165) is 11.8 Å². The molecule has 4 N–H and O–H groups in total. The number of fused-ring (bicyclic) bond motifs is 1. The van der Waals surface area contributed by atoms with Gasteiger partial charge in [-0.15, -0.1) is 0 Å². The van der Waals surface area contributed by atoms with Gasteiger partial charge in [-0.05, 0) is 18.2 Å². The summed E-state index contributed by atoms with van der Waals surface area (Å²) in [6, 6.07) is 6.65. The maximum absolute atomic E-state index is 12.2. The highest BCUT2D eigenvalue weighted by atomic mass is 35.5. The maximum Gasteiger partial charge on any atom is 0.303 e. The second-order valence-corrected chi connectivity index (χ2v) is 7.22. The summed E-state index contributed by atoms with van der Waals surface area (Å²) >= 11 is 6.83. The van der Waals surface area contributed by atoms with Gasteiger partial charge in [-0.2, -0.15) is 0 Å². The third kappa shape index (κ3) is 5.42. The van der Waals surface area contributed by atoms with Gasteiger partial charge in [0.15, 0.2) is 16.3 Å². The molecule has 0 aliphatic heterocycles. The standard InChI is InChI=1S/C17H14ClN5O5S/c18-8-2-1-3-9(6-8)19-11(24)7-29-17-22-14-13(16(28)23-17)20-10(15(27)21-14)4-5-12(25)26/h1-3,6H,4-5,7H2,(H,19,24)(H,25,26)(H2,21,22,23,27,28). The van der Waals surface area contributed by atoms with Gasteiger partial charge in [0, 0.05) is 17.1 Å². The molecule has 1 aromatic carbocycles. The van der Waals surface area contributed by atoms with E-state index in [0.29, 0.717) is 10.7 Å². The van der Waals surface area contributed by atoms with E-state index >= 15 is 0 Å². The fraction of sp³-hybridized carbons (Fsp3) is 0.176. The molecular formula is C17H14ClN5O5S. The molecule has 3 rings (SSSR count). The van der Waals surface area contributed by atoms with Crippen LogP contribution in [0, 0.1) is 0 Å². The van der Waals surface area contributed by atoms with Crippen molar-refractivity contribution in [3.63, 3.8) is 0 Å². The van der Waals surface area contributed by atoms with E-state index in [-0.39, 0.29) is 46.5 Å². The number of aromatic nitrogens is 4. The van der Waals surface area contributed by atoms with Crippen LogP contribution in [0.25, 0.3) is 11.2 Å². The number of nitrogens with zero attached hydrogens (tertiary/aromatic N) is 2. The van der Waals surface area contributed by atoms with Crippen molar-refractivity contribution in [3.05, 3.63) is 55.7 Å². The van der Waals surface area contributed by atoms with E-state index in [9.17, 15) is 19.2 Å². The predicted octanol–water partition coefficient (Wildman–Crippen LogP) is 1.41. The molecule has 0 atom stereocenters. The second-order valence-electron chi connectivity index (χ2n) is 5.82. The van der Waals surface area contributed by atoms with Crippen molar-refractivity contribution in [1.82, 2.24) is 19.9 Å². The van der Waals surface area contributed by atoms with Crippen molar-refractivity contribution in [2.45, 2.75) is 18.0 Å². The van der Waals surface area contributed by atoms with Gasteiger partial charge in [-0.3, -0.25) is 24.2 Å². The number of rotatable bonds is 7. The lowest BCUT2D eigenvalue weighted by Crippen LogP contribution is -2.22. The fourth-order valence-electron chi connectivity index (χ4n) is 2.36. The first kappa shape index (κ1) is 20.6. The minimum absolute atomic E-state index is 0.0458. The number of carbonyl (C=O) groups excluding carboxylic acids is 1. The van der Waals surface area contributed by atoms with Crippen LogP contribution in [0.5, 0.6) is 0 Å². The number of hydrogen-bond acceptors (Lipinski definition) is 7. The highest BCUT2D eigenvalue weighted by molar-refractivity contribution is 7.99. The lowest BCUT2D eigenvalue weighted by molar-refractivity contribution is -0.137. The number of aliphatic carboxylic acids is 1. The molecule has 150 valence electrons. The molecule has 12 heteroatoms. The number of carboxylic acids is 1. The van der Waals surface area contributed by atoms with Crippen molar-refractivity contribution in [2.24, 2.45) is 0 Å². The number of hydrogen-bond donors (Lipinski definition) is 4. The number of thioether (sulfide) groups is 1. The number of H-pyrrole nitrogens is 2. The molecule has 0 unspecified atom stereocenters. The molecule has 3 aromatic rings. The van der Waals surface area contributed by atoms with Gasteiger partial charge in [0.2, 0.25) is 5.91 Å². The monoisotopic (exact) mass is 435 g/mol. The molecule has 10 nitrogen and oxygen atoms in total. The predicted molar refractivity (Wildman–Crippen MR) is 108 cm³/mol. The normalized spacial score (nSPS) is 10.8. The third-order valence-electron chi connectivity index (χ3n) is 3.64. The number of benzene rings is 1. The minimum Gasteiger partial charge on any atom is -0.481 e.